The van der Waals surface area contributed by atoms with Crippen molar-refractivity contribution in [1.82, 2.24) is 0 Å². The van der Waals surface area contributed by atoms with Gasteiger partial charge in [0.2, 0.25) is 0 Å². The number of carbonyl (C=O) groups excluding carboxylic acids is 2. The topological polar surface area (TPSA) is 97.7 Å². The van der Waals surface area contributed by atoms with Crippen LogP contribution in [0.4, 0.5) is 18.9 Å². The zero-order chi connectivity index (χ0) is 23.9. The van der Waals surface area contributed by atoms with Gasteiger partial charge in [0.1, 0.15) is 11.6 Å². The summed E-state index contributed by atoms with van der Waals surface area (Å²) in [5.41, 5.74) is -0.986. The molecule has 11 heteroatoms. The summed E-state index contributed by atoms with van der Waals surface area (Å²) in [5, 5.41) is 11.7. The number of nitrogens with zero attached hydrogens (tertiary/aromatic N) is 1. The minimum absolute atomic E-state index is 0.107. The van der Waals surface area contributed by atoms with Gasteiger partial charge in [-0.3, -0.25) is 4.79 Å². The lowest BCUT2D eigenvalue weighted by molar-refractivity contribution is -0.143. The van der Waals surface area contributed by atoms with Gasteiger partial charge >= 0.3 is 12.1 Å². The quantitative estimate of drug-likeness (QED) is 0.233. The molecule has 0 radical (unpaired) electrons. The Hall–Kier alpha value is -3.27. The van der Waals surface area contributed by atoms with Crippen LogP contribution in [0, 0.1) is 14.9 Å². The maximum absolute atomic E-state index is 12.9. The molecule has 0 saturated heterocycles. The minimum Gasteiger partial charge on any atom is -0.493 e. The second-order valence-electron chi connectivity index (χ2n) is 6.10. The van der Waals surface area contributed by atoms with Crippen LogP contribution in [0.3, 0.4) is 0 Å². The van der Waals surface area contributed by atoms with Crippen molar-refractivity contribution in [2.45, 2.75) is 6.18 Å². The fourth-order valence-corrected chi connectivity index (χ4v) is 3.22. The number of hydrogen-bond acceptors (Lipinski definition) is 6. The van der Waals surface area contributed by atoms with Crippen molar-refractivity contribution in [3.8, 4) is 17.6 Å². The van der Waals surface area contributed by atoms with Crippen molar-refractivity contribution < 1.29 is 37.0 Å². The first-order chi connectivity index (χ1) is 15.1. The normalized spacial score (nSPS) is 11.3. The molecule has 1 N–H and O–H groups in total. The highest BCUT2D eigenvalue weighted by Gasteiger charge is 2.30. The maximum Gasteiger partial charge on any atom is 0.416 e. The summed E-state index contributed by atoms with van der Waals surface area (Å²) >= 11 is 1.92. The third-order valence-electron chi connectivity index (χ3n) is 3.94. The van der Waals surface area contributed by atoms with Gasteiger partial charge in [0.15, 0.2) is 18.1 Å². The van der Waals surface area contributed by atoms with Crippen molar-refractivity contribution in [1.29, 1.82) is 5.26 Å². The molecule has 0 aliphatic rings. The average molecular weight is 560 g/mol. The number of ether oxygens (including phenoxy) is 3. The first-order valence-electron chi connectivity index (χ1n) is 8.76. The second kappa shape index (κ2) is 10.9. The van der Waals surface area contributed by atoms with Crippen LogP contribution in [0.15, 0.2) is 42.0 Å². The Bertz CT molecular complexity index is 1090. The molecule has 0 saturated carbocycles. The number of anilines is 1. The summed E-state index contributed by atoms with van der Waals surface area (Å²) in [4.78, 5) is 23.7. The van der Waals surface area contributed by atoms with Crippen LogP contribution in [0.25, 0.3) is 6.08 Å². The van der Waals surface area contributed by atoms with E-state index in [1.807, 2.05) is 22.6 Å². The van der Waals surface area contributed by atoms with E-state index in [1.54, 1.807) is 12.1 Å². The van der Waals surface area contributed by atoms with Gasteiger partial charge < -0.3 is 19.5 Å². The van der Waals surface area contributed by atoms with E-state index in [4.69, 9.17) is 9.47 Å². The molecule has 2 aromatic rings. The molecule has 32 heavy (non-hydrogen) atoms. The monoisotopic (exact) mass is 560 g/mol. The lowest BCUT2D eigenvalue weighted by atomic mass is 10.1. The van der Waals surface area contributed by atoms with E-state index in [0.717, 1.165) is 18.2 Å². The number of esters is 1. The van der Waals surface area contributed by atoms with Gasteiger partial charge in [0.05, 0.1) is 23.4 Å². The smallest absolute Gasteiger partial charge is 0.416 e. The third-order valence-corrected chi connectivity index (χ3v) is 4.74. The number of methoxy groups -OCH3 is 2. The first-order valence-corrected chi connectivity index (χ1v) is 9.84. The molecule has 1 amide bonds. The van der Waals surface area contributed by atoms with Crippen LogP contribution in [-0.4, -0.2) is 32.7 Å². The number of nitrogens with one attached hydrogen (secondary N) is 1. The van der Waals surface area contributed by atoms with Crippen molar-refractivity contribution in [2.75, 3.05) is 26.1 Å². The van der Waals surface area contributed by atoms with Gasteiger partial charge in [0, 0.05) is 5.69 Å². The largest absolute Gasteiger partial charge is 0.493 e. The average Bonchev–Trinajstić information content (AvgIpc) is 2.75. The third kappa shape index (κ3) is 6.61. The van der Waals surface area contributed by atoms with E-state index >= 15 is 0 Å². The molecule has 0 aliphatic carbocycles. The molecule has 168 valence electrons. The van der Waals surface area contributed by atoms with E-state index in [0.29, 0.717) is 9.13 Å². The molecule has 0 aromatic heterocycles. The molecule has 0 bridgehead atoms. The van der Waals surface area contributed by atoms with Gasteiger partial charge in [-0.1, -0.05) is 6.07 Å². The van der Waals surface area contributed by atoms with Crippen LogP contribution in [0.5, 0.6) is 11.5 Å². The molecular weight excluding hydrogens is 544 g/mol. The number of hydrogen-bond donors (Lipinski definition) is 1. The molecule has 0 fully saturated rings. The van der Waals surface area contributed by atoms with E-state index in [1.165, 1.54) is 32.4 Å². The van der Waals surface area contributed by atoms with Gasteiger partial charge in [-0.05, 0) is 64.6 Å². The Kier molecular flexibility index (Phi) is 8.48. The summed E-state index contributed by atoms with van der Waals surface area (Å²) < 4.78 is 54.2. The Morgan fingerprint density at radius 1 is 1.22 bits per heavy atom. The van der Waals surface area contributed by atoms with Crippen LogP contribution < -0.4 is 14.8 Å². The van der Waals surface area contributed by atoms with E-state index < -0.39 is 23.6 Å². The van der Waals surface area contributed by atoms with E-state index in [2.05, 4.69) is 10.1 Å². The lowest BCUT2D eigenvalue weighted by Gasteiger charge is -2.13. The van der Waals surface area contributed by atoms with Crippen LogP contribution in [-0.2, 0) is 20.5 Å². The molecule has 7 nitrogen and oxygen atoms in total. The summed E-state index contributed by atoms with van der Waals surface area (Å²) in [6.07, 6.45) is -3.32. The Balaban J connectivity index is 2.29. The Morgan fingerprint density at radius 2 is 1.94 bits per heavy atom. The van der Waals surface area contributed by atoms with Crippen molar-refractivity contribution in [3.63, 3.8) is 0 Å². The fraction of sp³-hybridized carbons (Fsp3) is 0.190. The zero-order valence-corrected chi connectivity index (χ0v) is 18.9. The van der Waals surface area contributed by atoms with Crippen molar-refractivity contribution >= 4 is 46.2 Å². The Labute approximate surface area is 194 Å². The molecule has 0 aliphatic heterocycles. The Morgan fingerprint density at radius 3 is 2.53 bits per heavy atom. The summed E-state index contributed by atoms with van der Waals surface area (Å²) in [6, 6.07) is 8.84. The zero-order valence-electron chi connectivity index (χ0n) is 16.7. The highest BCUT2D eigenvalue weighted by molar-refractivity contribution is 14.1. The number of alkyl halides is 3. The maximum atomic E-state index is 12.9. The predicted octanol–water partition coefficient (Wildman–Crippen LogP) is 4.42. The summed E-state index contributed by atoms with van der Waals surface area (Å²) in [7, 11) is 2.59. The summed E-state index contributed by atoms with van der Waals surface area (Å²) in [5.74, 6) is -0.970. The van der Waals surface area contributed by atoms with E-state index in [9.17, 15) is 28.0 Å². The van der Waals surface area contributed by atoms with Gasteiger partial charge in [-0.25, -0.2) is 4.79 Å². The molecule has 0 unspecified atom stereocenters. The minimum atomic E-state index is -4.57. The molecule has 0 heterocycles. The van der Waals surface area contributed by atoms with Gasteiger partial charge in [0.25, 0.3) is 5.91 Å². The number of nitriles is 1. The molecule has 2 rings (SSSR count). The number of amides is 1. The van der Waals surface area contributed by atoms with Crippen LogP contribution >= 0.6 is 22.6 Å². The summed E-state index contributed by atoms with van der Waals surface area (Å²) in [6.45, 7) is -0.346. The standard InChI is InChI=1S/C21H16F3IN2O5/c1-30-17-8-12(7-16(25)19(17)32-11-18(28)31-2)6-13(10-26)20(29)27-15-5-3-4-14(9-15)21(22,23)24/h3-9H,11H2,1-2H3,(H,27,29)/b13-6-. The number of carbonyl (C=O) groups is 2. The molecular formula is C21H16F3IN2O5. The van der Waals surface area contributed by atoms with Crippen molar-refractivity contribution in [3.05, 3.63) is 56.7 Å². The second-order valence-corrected chi connectivity index (χ2v) is 7.26. The number of benzene rings is 2. The van der Waals surface area contributed by atoms with Crippen molar-refractivity contribution in [2.24, 2.45) is 0 Å². The fourth-order valence-electron chi connectivity index (χ4n) is 2.44. The highest BCUT2D eigenvalue weighted by atomic mass is 127. The molecule has 2 aromatic carbocycles. The SMILES string of the molecule is COC(=O)COc1c(I)cc(/C=C(/C#N)C(=O)Nc2cccc(C(F)(F)F)c2)cc1OC. The van der Waals surface area contributed by atoms with Gasteiger partial charge in [-0.2, -0.15) is 18.4 Å². The van der Waals surface area contributed by atoms with Crippen LogP contribution in [0.2, 0.25) is 0 Å². The number of halogens is 4. The lowest BCUT2D eigenvalue weighted by Crippen LogP contribution is -2.14. The van der Waals surface area contributed by atoms with Crippen LogP contribution in [0.1, 0.15) is 11.1 Å². The predicted molar refractivity (Wildman–Crippen MR) is 117 cm³/mol. The molecule has 0 spiro atoms. The number of rotatable bonds is 7. The van der Waals surface area contributed by atoms with E-state index in [-0.39, 0.29) is 29.4 Å². The molecule has 0 atom stereocenters. The van der Waals surface area contributed by atoms with Gasteiger partial charge in [-0.15, -0.1) is 0 Å². The highest BCUT2D eigenvalue weighted by Crippen LogP contribution is 2.35. The first kappa shape index (κ1) is 25.0.